The van der Waals surface area contributed by atoms with Crippen LogP contribution in [0.3, 0.4) is 0 Å². The van der Waals surface area contributed by atoms with Crippen LogP contribution >= 0.6 is 26.5 Å². The van der Waals surface area contributed by atoms with Crippen LogP contribution in [0.1, 0.15) is 28.0 Å². The molecule has 0 saturated carbocycles. The number of hydrogen-bond acceptors (Lipinski definition) is 6. The first kappa shape index (κ1) is 24.7. The van der Waals surface area contributed by atoms with Crippen LogP contribution < -0.4 is 4.74 Å². The lowest BCUT2D eigenvalue weighted by atomic mass is 10.2. The number of nitrogens with zero attached hydrogens (tertiary/aromatic N) is 2. The zero-order valence-corrected chi connectivity index (χ0v) is 19.4. The van der Waals surface area contributed by atoms with Crippen LogP contribution in [0.25, 0.3) is 10.6 Å². The average molecular weight is 502 g/mol. The Labute approximate surface area is 187 Å². The van der Waals surface area contributed by atoms with Gasteiger partial charge >= 0.3 is 15.2 Å². The zero-order valence-electron chi connectivity index (χ0n) is 16.8. The zero-order chi connectivity index (χ0) is 23.5. The molecule has 0 atom stereocenters. The van der Waals surface area contributed by atoms with Gasteiger partial charge in [0.25, 0.3) is 0 Å². The molecule has 3 aromatic rings. The predicted molar refractivity (Wildman–Crippen MR) is 117 cm³/mol. The molecule has 1 aromatic carbocycles. The molecular weight excluding hydrogens is 481 g/mol. The molecule has 2 heterocycles. The highest BCUT2D eigenvalue weighted by atomic mass is 32.1. The molecular formula is C19H21FN2O7P2S. The Bertz CT molecular complexity index is 1160. The van der Waals surface area contributed by atoms with Crippen molar-refractivity contribution >= 4 is 26.5 Å². The molecule has 0 aliphatic heterocycles. The van der Waals surface area contributed by atoms with Crippen molar-refractivity contribution in [1.82, 2.24) is 9.97 Å². The fraction of sp³-hybridized carbons (Fsp3) is 0.263. The van der Waals surface area contributed by atoms with Crippen LogP contribution in [0.15, 0.2) is 42.7 Å². The van der Waals surface area contributed by atoms with E-state index < -0.39 is 32.0 Å². The Morgan fingerprint density at radius 1 is 1.09 bits per heavy atom. The van der Waals surface area contributed by atoms with Gasteiger partial charge in [0.2, 0.25) is 0 Å². The van der Waals surface area contributed by atoms with Gasteiger partial charge in [0.1, 0.15) is 5.01 Å². The van der Waals surface area contributed by atoms with Crippen LogP contribution in [0, 0.1) is 12.7 Å². The van der Waals surface area contributed by atoms with E-state index in [0.717, 1.165) is 39.3 Å². The molecule has 0 saturated heterocycles. The summed E-state index contributed by atoms with van der Waals surface area (Å²) < 4.78 is 42.7. The Hall–Kier alpha value is -1.97. The first-order valence-corrected chi connectivity index (χ1v) is 13.5. The van der Waals surface area contributed by atoms with E-state index in [1.165, 1.54) is 0 Å². The molecule has 2 aromatic heterocycles. The number of rotatable bonds is 9. The predicted octanol–water partition coefficient (Wildman–Crippen LogP) is 4.02. The van der Waals surface area contributed by atoms with Crippen LogP contribution in [0.4, 0.5) is 4.39 Å². The van der Waals surface area contributed by atoms with E-state index in [1.807, 2.05) is 19.1 Å². The van der Waals surface area contributed by atoms with Crippen molar-refractivity contribution in [2.75, 3.05) is 6.61 Å². The van der Waals surface area contributed by atoms with Gasteiger partial charge in [-0.3, -0.25) is 14.1 Å². The number of ether oxygens (including phenoxy) is 1. The first-order chi connectivity index (χ1) is 15.0. The number of pyridine rings is 1. The second kappa shape index (κ2) is 9.89. The van der Waals surface area contributed by atoms with Crippen molar-refractivity contribution < 1.29 is 37.8 Å². The number of hydrogen-bond donors (Lipinski definition) is 4. The number of aryl methyl sites for hydroxylation is 2. The molecule has 9 nitrogen and oxygen atoms in total. The van der Waals surface area contributed by atoms with Gasteiger partial charge in [-0.05, 0) is 49.6 Å². The molecule has 172 valence electrons. The molecule has 3 rings (SSSR count). The summed E-state index contributed by atoms with van der Waals surface area (Å²) in [4.78, 5) is 47.1. The van der Waals surface area contributed by atoms with Crippen molar-refractivity contribution in [3.05, 3.63) is 64.7 Å². The summed E-state index contributed by atoms with van der Waals surface area (Å²) in [5.41, 5.74) is 1.43. The highest BCUT2D eigenvalue weighted by Crippen LogP contribution is 2.70. The van der Waals surface area contributed by atoms with Crippen LogP contribution in [0.5, 0.6) is 5.75 Å². The summed E-state index contributed by atoms with van der Waals surface area (Å²) in [7, 11) is -10.4. The van der Waals surface area contributed by atoms with Gasteiger partial charge in [0.05, 0.1) is 12.3 Å². The Morgan fingerprint density at radius 2 is 1.75 bits per heavy atom. The van der Waals surface area contributed by atoms with Gasteiger partial charge < -0.3 is 24.3 Å². The first-order valence-electron chi connectivity index (χ1n) is 9.36. The number of halogens is 1. The summed E-state index contributed by atoms with van der Waals surface area (Å²) in [5, 5.41) is -1.53. The number of benzene rings is 1. The number of aromatic nitrogens is 2. The highest BCUT2D eigenvalue weighted by Gasteiger charge is 2.45. The molecule has 0 spiro atoms. The lowest BCUT2D eigenvalue weighted by molar-refractivity contribution is 0.294. The Balaban J connectivity index is 1.67. The molecule has 0 bridgehead atoms. The van der Waals surface area contributed by atoms with Gasteiger partial charge in [-0.2, -0.15) is 0 Å². The summed E-state index contributed by atoms with van der Waals surface area (Å²) in [6.07, 6.45) is 4.41. The maximum Gasteiger partial charge on any atom is 0.345 e. The second-order valence-electron chi connectivity index (χ2n) is 6.95. The largest absolute Gasteiger partial charge is 0.490 e. The molecule has 0 amide bonds. The lowest BCUT2D eigenvalue weighted by Crippen LogP contribution is -2.05. The quantitative estimate of drug-likeness (QED) is 0.251. The van der Waals surface area contributed by atoms with Crippen LogP contribution in [-0.2, 0) is 15.6 Å². The van der Waals surface area contributed by atoms with Crippen LogP contribution in [-0.4, -0.2) is 36.1 Å². The highest BCUT2D eigenvalue weighted by molar-refractivity contribution is 7.70. The van der Waals surface area contributed by atoms with Crippen molar-refractivity contribution in [2.45, 2.75) is 25.2 Å². The average Bonchev–Trinajstić information content (AvgIpc) is 3.06. The molecule has 32 heavy (non-hydrogen) atoms. The third kappa shape index (κ3) is 6.08. The summed E-state index contributed by atoms with van der Waals surface area (Å²) in [6, 6.07) is 6.42. The molecule has 4 N–H and O–H groups in total. The van der Waals surface area contributed by atoms with E-state index in [1.54, 1.807) is 23.7 Å². The van der Waals surface area contributed by atoms with E-state index in [0.29, 0.717) is 12.8 Å². The number of thiazole rings is 1. The normalized spacial score (nSPS) is 12.3. The molecule has 0 aliphatic carbocycles. The van der Waals surface area contributed by atoms with Gasteiger partial charge in [0, 0.05) is 22.8 Å². The topological polar surface area (TPSA) is 150 Å². The third-order valence-electron chi connectivity index (χ3n) is 4.53. The van der Waals surface area contributed by atoms with Gasteiger partial charge in [-0.15, -0.1) is 11.3 Å². The van der Waals surface area contributed by atoms with Crippen molar-refractivity contribution in [3.63, 3.8) is 0 Å². The Morgan fingerprint density at radius 3 is 2.38 bits per heavy atom. The van der Waals surface area contributed by atoms with Gasteiger partial charge in [-0.25, -0.2) is 9.37 Å². The fourth-order valence-corrected chi connectivity index (χ4v) is 6.71. The second-order valence-corrected chi connectivity index (χ2v) is 12.0. The standard InChI is InChI=1S/C19H21FN2O7P2S/c1-12-16(22-18(32-12)13-6-8-21-9-7-13)3-2-10-29-17-11-14(4-5-15(17)20)19(30(23,24)25)31(26,27)28/h4-9,11,19H,2-3,10H2,1H3,(H2,23,24,25)(H2,26,27,28). The summed E-state index contributed by atoms with van der Waals surface area (Å²) in [5.74, 6) is -1.16. The fourth-order valence-electron chi connectivity index (χ4n) is 3.08. The third-order valence-corrected chi connectivity index (χ3v) is 9.26. The van der Waals surface area contributed by atoms with E-state index in [9.17, 15) is 33.1 Å². The molecule has 0 radical (unpaired) electrons. The van der Waals surface area contributed by atoms with Crippen molar-refractivity contribution in [3.8, 4) is 16.3 Å². The molecule has 13 heteroatoms. The van der Waals surface area contributed by atoms with E-state index >= 15 is 0 Å². The maximum atomic E-state index is 14.1. The molecule has 0 aliphatic rings. The summed E-state index contributed by atoms with van der Waals surface area (Å²) in [6.45, 7) is 2.02. The molecule has 0 unspecified atom stereocenters. The van der Waals surface area contributed by atoms with E-state index in [-0.39, 0.29) is 12.4 Å². The monoisotopic (exact) mass is 502 g/mol. The van der Waals surface area contributed by atoms with Crippen molar-refractivity contribution in [1.29, 1.82) is 0 Å². The minimum atomic E-state index is -5.21. The smallest absolute Gasteiger partial charge is 0.345 e. The summed E-state index contributed by atoms with van der Waals surface area (Å²) >= 11 is 1.55. The van der Waals surface area contributed by atoms with Gasteiger partial charge in [-0.1, -0.05) is 6.07 Å². The SMILES string of the molecule is Cc1sc(-c2ccncc2)nc1CCCOc1cc(C(P(=O)(O)O)P(=O)(O)O)ccc1F. The minimum absolute atomic E-state index is 0.0679. The lowest BCUT2D eigenvalue weighted by Gasteiger charge is -2.20. The van der Waals surface area contributed by atoms with Crippen molar-refractivity contribution in [2.24, 2.45) is 0 Å². The van der Waals surface area contributed by atoms with Gasteiger partial charge in [0.15, 0.2) is 17.0 Å². The van der Waals surface area contributed by atoms with Crippen LogP contribution in [0.2, 0.25) is 0 Å². The van der Waals surface area contributed by atoms with E-state index in [2.05, 4.69) is 9.97 Å². The minimum Gasteiger partial charge on any atom is -0.490 e. The molecule has 0 fully saturated rings. The Kier molecular flexibility index (Phi) is 7.62. The van der Waals surface area contributed by atoms with E-state index in [4.69, 9.17) is 4.74 Å². The maximum absolute atomic E-state index is 14.1.